The third-order valence-corrected chi connectivity index (χ3v) is 3.39. The Bertz CT molecular complexity index is 343. The van der Waals surface area contributed by atoms with E-state index in [4.69, 9.17) is 5.11 Å². The van der Waals surface area contributed by atoms with Gasteiger partial charge in [0.05, 0.1) is 0 Å². The van der Waals surface area contributed by atoms with Crippen molar-refractivity contribution in [2.45, 2.75) is 55.7 Å². The van der Waals surface area contributed by atoms with Crippen molar-refractivity contribution in [3.8, 4) is 0 Å². The van der Waals surface area contributed by atoms with Gasteiger partial charge in [-0.2, -0.15) is 39.5 Å². The van der Waals surface area contributed by atoms with E-state index in [1.165, 1.54) is 0 Å². The Hall–Kier alpha value is -0.670. The van der Waals surface area contributed by atoms with E-state index in [0.717, 1.165) is 0 Å². The first-order valence-electron chi connectivity index (χ1n) is 5.65. The highest BCUT2D eigenvalue weighted by Crippen LogP contribution is 2.55. The lowest BCUT2D eigenvalue weighted by Gasteiger charge is -2.37. The van der Waals surface area contributed by atoms with E-state index < -0.39 is 36.0 Å². The van der Waals surface area contributed by atoms with Gasteiger partial charge in [0.15, 0.2) is 0 Å². The predicted molar refractivity (Wildman–Crippen MR) is 48.9 cm³/mol. The highest BCUT2D eigenvalue weighted by Gasteiger charge is 2.83. The number of aliphatic hydroxyl groups excluding tert-OH is 1. The van der Waals surface area contributed by atoms with Gasteiger partial charge in [-0.1, -0.05) is 12.8 Å². The largest absolute Gasteiger partial charge is 0.460 e. The molecule has 1 rings (SSSR count). The van der Waals surface area contributed by atoms with Gasteiger partial charge in [-0.3, -0.25) is 0 Å². The summed E-state index contributed by atoms with van der Waals surface area (Å²) in [7, 11) is 0. The Morgan fingerprint density at radius 1 is 0.750 bits per heavy atom. The lowest BCUT2D eigenvalue weighted by Crippen LogP contribution is -2.65. The summed E-state index contributed by atoms with van der Waals surface area (Å²) in [6.45, 7) is 0. The van der Waals surface area contributed by atoms with Gasteiger partial charge in [0.1, 0.15) is 6.10 Å². The van der Waals surface area contributed by atoms with E-state index in [-0.39, 0.29) is 12.8 Å². The van der Waals surface area contributed by atoms with Crippen LogP contribution in [-0.2, 0) is 0 Å². The molecule has 0 aliphatic heterocycles. The van der Waals surface area contributed by atoms with E-state index in [9.17, 15) is 39.5 Å². The van der Waals surface area contributed by atoms with Crippen molar-refractivity contribution in [3.63, 3.8) is 0 Å². The normalized spacial score (nSPS) is 21.3. The number of aliphatic hydroxyl groups is 1. The van der Waals surface area contributed by atoms with Gasteiger partial charge < -0.3 is 5.11 Å². The molecule has 0 heterocycles. The highest BCUT2D eigenvalue weighted by atomic mass is 19.4. The van der Waals surface area contributed by atoms with Gasteiger partial charge in [0.25, 0.3) is 0 Å². The number of hydrogen-bond donors (Lipinski definition) is 1. The van der Waals surface area contributed by atoms with Crippen molar-refractivity contribution in [1.82, 2.24) is 0 Å². The average molecular weight is 318 g/mol. The molecule has 1 saturated carbocycles. The van der Waals surface area contributed by atoms with Crippen LogP contribution in [0.4, 0.5) is 39.5 Å². The van der Waals surface area contributed by atoms with Gasteiger partial charge >= 0.3 is 23.9 Å². The molecule has 1 unspecified atom stereocenters. The van der Waals surface area contributed by atoms with Crippen LogP contribution in [0.3, 0.4) is 0 Å². The molecule has 10 heteroatoms. The quantitative estimate of drug-likeness (QED) is 0.777. The minimum atomic E-state index is -6.94. The topological polar surface area (TPSA) is 20.2 Å². The van der Waals surface area contributed by atoms with Crippen molar-refractivity contribution in [1.29, 1.82) is 0 Å². The molecular formula is C10H11F9O. The SMILES string of the molecule is OC(C1CCCC1)C(F)(F)C(F)(F)C(F)(F)C(F)(F)F. The summed E-state index contributed by atoms with van der Waals surface area (Å²) in [6.07, 6.45) is -9.77. The van der Waals surface area contributed by atoms with Crippen molar-refractivity contribution in [2.75, 3.05) is 0 Å². The fourth-order valence-electron chi connectivity index (χ4n) is 2.14. The van der Waals surface area contributed by atoms with Crippen LogP contribution in [0, 0.1) is 5.92 Å². The third-order valence-electron chi connectivity index (χ3n) is 3.39. The molecule has 1 aliphatic carbocycles. The van der Waals surface area contributed by atoms with Crippen molar-refractivity contribution < 1.29 is 44.6 Å². The molecule has 0 spiro atoms. The van der Waals surface area contributed by atoms with E-state index in [2.05, 4.69) is 0 Å². The fraction of sp³-hybridized carbons (Fsp3) is 1.00. The first-order chi connectivity index (χ1) is 8.77. The Morgan fingerprint density at radius 2 is 1.15 bits per heavy atom. The molecular weight excluding hydrogens is 307 g/mol. The maximum Gasteiger partial charge on any atom is 0.460 e. The van der Waals surface area contributed by atoms with E-state index >= 15 is 0 Å². The Labute approximate surface area is 107 Å². The zero-order chi connectivity index (χ0) is 16.0. The number of halogens is 9. The second kappa shape index (κ2) is 4.96. The van der Waals surface area contributed by atoms with Crippen molar-refractivity contribution in [3.05, 3.63) is 0 Å². The van der Waals surface area contributed by atoms with Crippen LogP contribution in [0.1, 0.15) is 25.7 Å². The minimum absolute atomic E-state index is 0.134. The molecule has 0 bridgehead atoms. The first-order valence-corrected chi connectivity index (χ1v) is 5.65. The van der Waals surface area contributed by atoms with Gasteiger partial charge in [0.2, 0.25) is 0 Å². The molecule has 1 aliphatic rings. The zero-order valence-corrected chi connectivity index (χ0v) is 9.83. The maximum atomic E-state index is 13.3. The van der Waals surface area contributed by atoms with Crippen LogP contribution in [0.2, 0.25) is 0 Å². The van der Waals surface area contributed by atoms with Gasteiger partial charge in [-0.25, -0.2) is 0 Å². The molecule has 20 heavy (non-hydrogen) atoms. The summed E-state index contributed by atoms with van der Waals surface area (Å²) in [5, 5.41) is 9.11. The van der Waals surface area contributed by atoms with Gasteiger partial charge in [-0.05, 0) is 18.8 Å². The molecule has 0 aromatic rings. The Morgan fingerprint density at radius 3 is 1.50 bits per heavy atom. The highest BCUT2D eigenvalue weighted by molar-refractivity contribution is 5.04. The molecule has 1 N–H and O–H groups in total. The van der Waals surface area contributed by atoms with Crippen LogP contribution in [0.5, 0.6) is 0 Å². The summed E-state index contributed by atoms with van der Waals surface area (Å²) in [5.41, 5.74) is 0. The van der Waals surface area contributed by atoms with Crippen LogP contribution >= 0.6 is 0 Å². The molecule has 0 radical (unpaired) electrons. The zero-order valence-electron chi connectivity index (χ0n) is 9.83. The Balaban J connectivity index is 3.10. The van der Waals surface area contributed by atoms with Crippen LogP contribution in [-0.4, -0.2) is 35.2 Å². The molecule has 0 amide bonds. The second-order valence-electron chi connectivity index (χ2n) is 4.76. The molecule has 1 fully saturated rings. The van der Waals surface area contributed by atoms with E-state index in [1.54, 1.807) is 0 Å². The van der Waals surface area contributed by atoms with Gasteiger partial charge in [0, 0.05) is 0 Å². The molecule has 0 saturated heterocycles. The number of alkyl halides is 9. The average Bonchev–Trinajstić information content (AvgIpc) is 2.79. The molecule has 0 aromatic carbocycles. The van der Waals surface area contributed by atoms with E-state index in [0.29, 0.717) is 12.8 Å². The van der Waals surface area contributed by atoms with Gasteiger partial charge in [-0.15, -0.1) is 0 Å². The lowest BCUT2D eigenvalue weighted by molar-refractivity contribution is -0.407. The molecule has 120 valence electrons. The van der Waals surface area contributed by atoms with Crippen LogP contribution in [0.15, 0.2) is 0 Å². The number of hydrogen-bond acceptors (Lipinski definition) is 1. The summed E-state index contributed by atoms with van der Waals surface area (Å²) < 4.78 is 113. The molecule has 1 atom stereocenters. The summed E-state index contributed by atoms with van der Waals surface area (Å²) in [6, 6.07) is 0. The number of rotatable bonds is 4. The van der Waals surface area contributed by atoms with Crippen molar-refractivity contribution in [2.24, 2.45) is 5.92 Å². The minimum Gasteiger partial charge on any atom is -0.386 e. The second-order valence-corrected chi connectivity index (χ2v) is 4.76. The summed E-state index contributed by atoms with van der Waals surface area (Å²) in [4.78, 5) is 0. The Kier molecular flexibility index (Phi) is 4.31. The maximum absolute atomic E-state index is 13.3. The smallest absolute Gasteiger partial charge is 0.386 e. The molecule has 1 nitrogen and oxygen atoms in total. The first kappa shape index (κ1) is 17.4. The third kappa shape index (κ3) is 2.46. The monoisotopic (exact) mass is 318 g/mol. The summed E-state index contributed by atoms with van der Waals surface area (Å²) in [5.74, 6) is -21.0. The van der Waals surface area contributed by atoms with Crippen LogP contribution < -0.4 is 0 Å². The standard InChI is InChI=1S/C10H11F9O/c11-7(12,6(20)5-3-1-2-4-5)8(13,14)9(15,16)10(17,18)19/h5-6,20H,1-4H2. The van der Waals surface area contributed by atoms with Crippen LogP contribution in [0.25, 0.3) is 0 Å². The summed E-state index contributed by atoms with van der Waals surface area (Å²) >= 11 is 0. The van der Waals surface area contributed by atoms with Crippen molar-refractivity contribution >= 4 is 0 Å². The fourth-order valence-corrected chi connectivity index (χ4v) is 2.14. The van der Waals surface area contributed by atoms with E-state index in [1.807, 2.05) is 0 Å². The molecule has 0 aromatic heterocycles. The predicted octanol–water partition coefficient (Wildman–Crippen LogP) is 4.01. The lowest BCUT2D eigenvalue weighted by atomic mass is 9.89.